The fraction of sp³-hybridized carbons (Fsp3) is 0.417. The van der Waals surface area contributed by atoms with Gasteiger partial charge < -0.3 is 4.90 Å². The van der Waals surface area contributed by atoms with Gasteiger partial charge in [0.2, 0.25) is 0 Å². The van der Waals surface area contributed by atoms with Gasteiger partial charge in [0, 0.05) is 30.7 Å². The first-order chi connectivity index (χ1) is 9.30. The Morgan fingerprint density at radius 3 is 2.40 bits per heavy atom. The van der Waals surface area contributed by atoms with Crippen LogP contribution in [0.2, 0.25) is 0 Å². The van der Waals surface area contributed by atoms with Gasteiger partial charge in [-0.15, -0.1) is 0 Å². The molecule has 1 fully saturated rings. The molecule has 1 aliphatic heterocycles. The van der Waals surface area contributed by atoms with Crippen LogP contribution in [0.3, 0.4) is 0 Å². The van der Waals surface area contributed by atoms with E-state index in [4.69, 9.17) is 5.14 Å². The maximum atomic E-state index is 12.4. The van der Waals surface area contributed by atoms with E-state index >= 15 is 0 Å². The normalized spacial score (nSPS) is 17.2. The molecule has 1 aromatic carbocycles. The van der Waals surface area contributed by atoms with Gasteiger partial charge in [0.1, 0.15) is 0 Å². The van der Waals surface area contributed by atoms with E-state index in [1.54, 1.807) is 11.0 Å². The zero-order valence-corrected chi connectivity index (χ0v) is 13.4. The van der Waals surface area contributed by atoms with Crippen LogP contribution in [-0.2, 0) is 10.2 Å². The number of benzene rings is 1. The predicted octanol–water partition coefficient (Wildman–Crippen LogP) is 0.719. The maximum absolute atomic E-state index is 12.4. The van der Waals surface area contributed by atoms with Crippen molar-refractivity contribution in [2.75, 3.05) is 26.2 Å². The molecular formula is C12H16BrN3O3S. The molecule has 1 aromatic rings. The summed E-state index contributed by atoms with van der Waals surface area (Å²) in [6.07, 6.45) is 0. The molecule has 8 heteroatoms. The van der Waals surface area contributed by atoms with Crippen molar-refractivity contribution in [1.82, 2.24) is 9.21 Å². The summed E-state index contributed by atoms with van der Waals surface area (Å²) in [5.41, 5.74) is 1.58. The average Bonchev–Trinajstić information content (AvgIpc) is 2.40. The number of amides is 1. The smallest absolute Gasteiger partial charge is 0.277 e. The molecule has 2 N–H and O–H groups in total. The van der Waals surface area contributed by atoms with E-state index in [2.05, 4.69) is 15.9 Å². The monoisotopic (exact) mass is 361 g/mol. The first kappa shape index (κ1) is 15.4. The van der Waals surface area contributed by atoms with Gasteiger partial charge in [-0.25, -0.2) is 5.14 Å². The van der Waals surface area contributed by atoms with Crippen LogP contribution in [0, 0.1) is 6.92 Å². The SMILES string of the molecule is Cc1cccc(C(=O)N2CCN(S(N)(=O)=O)CC2)c1Br. The van der Waals surface area contributed by atoms with Gasteiger partial charge in [-0.3, -0.25) is 4.79 Å². The van der Waals surface area contributed by atoms with Crippen LogP contribution in [-0.4, -0.2) is 49.7 Å². The van der Waals surface area contributed by atoms with Gasteiger partial charge in [0.25, 0.3) is 16.1 Å². The summed E-state index contributed by atoms with van der Waals surface area (Å²) in [5.74, 6) is -0.102. The molecule has 110 valence electrons. The van der Waals surface area contributed by atoms with Crippen molar-refractivity contribution in [2.24, 2.45) is 5.14 Å². The van der Waals surface area contributed by atoms with Crippen LogP contribution in [0.1, 0.15) is 15.9 Å². The minimum absolute atomic E-state index is 0.102. The Labute approximate surface area is 126 Å². The molecule has 1 heterocycles. The van der Waals surface area contributed by atoms with Crippen LogP contribution in [0.15, 0.2) is 22.7 Å². The van der Waals surface area contributed by atoms with Crippen molar-refractivity contribution < 1.29 is 13.2 Å². The molecule has 0 aromatic heterocycles. The summed E-state index contributed by atoms with van der Waals surface area (Å²) in [7, 11) is -3.67. The third-order valence-corrected chi connectivity index (χ3v) is 5.45. The third-order valence-electron chi connectivity index (χ3n) is 3.31. The van der Waals surface area contributed by atoms with Crippen LogP contribution in [0.25, 0.3) is 0 Å². The molecule has 6 nitrogen and oxygen atoms in total. The molecule has 0 saturated carbocycles. The number of hydrogen-bond acceptors (Lipinski definition) is 3. The number of nitrogens with zero attached hydrogens (tertiary/aromatic N) is 2. The van der Waals surface area contributed by atoms with Crippen LogP contribution in [0.5, 0.6) is 0 Å². The van der Waals surface area contributed by atoms with Gasteiger partial charge in [0.15, 0.2) is 0 Å². The summed E-state index contributed by atoms with van der Waals surface area (Å²) >= 11 is 3.42. The Hall–Kier alpha value is -0.960. The highest BCUT2D eigenvalue weighted by molar-refractivity contribution is 9.10. The predicted molar refractivity (Wildman–Crippen MR) is 79.5 cm³/mol. The van der Waals surface area contributed by atoms with Gasteiger partial charge >= 0.3 is 0 Å². The number of piperazine rings is 1. The molecule has 0 radical (unpaired) electrons. The van der Waals surface area contributed by atoms with E-state index in [1.807, 2.05) is 19.1 Å². The average molecular weight is 362 g/mol. The lowest BCUT2D eigenvalue weighted by Crippen LogP contribution is -2.52. The molecule has 1 amide bonds. The van der Waals surface area contributed by atoms with E-state index in [9.17, 15) is 13.2 Å². The number of aryl methyl sites for hydroxylation is 1. The largest absolute Gasteiger partial charge is 0.336 e. The quantitative estimate of drug-likeness (QED) is 0.842. The maximum Gasteiger partial charge on any atom is 0.277 e. The van der Waals surface area contributed by atoms with E-state index in [0.29, 0.717) is 18.7 Å². The first-order valence-electron chi connectivity index (χ1n) is 6.13. The molecular weight excluding hydrogens is 346 g/mol. The van der Waals surface area contributed by atoms with E-state index in [-0.39, 0.29) is 19.0 Å². The molecule has 1 saturated heterocycles. The summed E-state index contributed by atoms with van der Waals surface area (Å²) in [4.78, 5) is 14.1. The van der Waals surface area contributed by atoms with Crippen molar-refractivity contribution in [2.45, 2.75) is 6.92 Å². The van der Waals surface area contributed by atoms with Crippen molar-refractivity contribution in [3.63, 3.8) is 0 Å². The second kappa shape index (κ2) is 5.80. The Bertz CT molecular complexity index is 625. The van der Waals surface area contributed by atoms with Gasteiger partial charge in [-0.1, -0.05) is 12.1 Å². The number of rotatable bonds is 2. The molecule has 0 aliphatic carbocycles. The number of halogens is 1. The lowest BCUT2D eigenvalue weighted by molar-refractivity contribution is 0.0697. The van der Waals surface area contributed by atoms with Crippen LogP contribution >= 0.6 is 15.9 Å². The number of nitrogens with two attached hydrogens (primary N) is 1. The van der Waals surface area contributed by atoms with E-state index < -0.39 is 10.2 Å². The van der Waals surface area contributed by atoms with Crippen molar-refractivity contribution >= 4 is 32.0 Å². The summed E-state index contributed by atoms with van der Waals surface area (Å²) in [6.45, 7) is 3.06. The van der Waals surface area contributed by atoms with Crippen molar-refractivity contribution in [3.05, 3.63) is 33.8 Å². The standard InChI is InChI=1S/C12H16BrN3O3S/c1-9-3-2-4-10(11(9)13)12(17)15-5-7-16(8-6-15)20(14,18)19/h2-4H,5-8H2,1H3,(H2,14,18,19). The van der Waals surface area contributed by atoms with Crippen LogP contribution < -0.4 is 5.14 Å². The summed E-state index contributed by atoms with van der Waals surface area (Å²) in [6, 6.07) is 5.50. The van der Waals surface area contributed by atoms with E-state index in [0.717, 1.165) is 10.0 Å². The lowest BCUT2D eigenvalue weighted by Gasteiger charge is -2.33. The second-order valence-electron chi connectivity index (χ2n) is 4.67. The molecule has 0 spiro atoms. The van der Waals surface area contributed by atoms with Gasteiger partial charge in [0.05, 0.1) is 5.56 Å². The first-order valence-corrected chi connectivity index (χ1v) is 8.42. The summed E-state index contributed by atoms with van der Waals surface area (Å²) < 4.78 is 24.4. The molecule has 0 bridgehead atoms. The zero-order valence-electron chi connectivity index (χ0n) is 11.0. The van der Waals surface area contributed by atoms with Crippen molar-refractivity contribution in [3.8, 4) is 0 Å². The highest BCUT2D eigenvalue weighted by atomic mass is 79.9. The minimum atomic E-state index is -3.67. The highest BCUT2D eigenvalue weighted by Gasteiger charge is 2.27. The van der Waals surface area contributed by atoms with Crippen molar-refractivity contribution in [1.29, 1.82) is 0 Å². The topological polar surface area (TPSA) is 83.7 Å². The molecule has 0 atom stereocenters. The Morgan fingerprint density at radius 2 is 1.85 bits per heavy atom. The Balaban J connectivity index is 2.11. The number of carbonyl (C=O) groups excluding carboxylic acids is 1. The lowest BCUT2D eigenvalue weighted by atomic mass is 10.1. The zero-order chi connectivity index (χ0) is 14.9. The highest BCUT2D eigenvalue weighted by Crippen LogP contribution is 2.23. The molecule has 0 unspecified atom stereocenters. The Kier molecular flexibility index (Phi) is 4.48. The van der Waals surface area contributed by atoms with Gasteiger partial charge in [-0.2, -0.15) is 12.7 Å². The van der Waals surface area contributed by atoms with Crippen LogP contribution in [0.4, 0.5) is 0 Å². The molecule has 1 aliphatic rings. The fourth-order valence-corrected chi connectivity index (χ4v) is 3.23. The number of carbonyl (C=O) groups is 1. The molecule has 20 heavy (non-hydrogen) atoms. The Morgan fingerprint density at radius 1 is 1.25 bits per heavy atom. The fourth-order valence-electron chi connectivity index (χ4n) is 2.13. The van der Waals surface area contributed by atoms with Gasteiger partial charge in [-0.05, 0) is 34.5 Å². The second-order valence-corrected chi connectivity index (χ2v) is 7.01. The molecule has 2 rings (SSSR count). The third kappa shape index (κ3) is 3.20. The number of hydrogen-bond donors (Lipinski definition) is 1. The summed E-state index contributed by atoms with van der Waals surface area (Å²) in [5, 5.41) is 5.07. The minimum Gasteiger partial charge on any atom is -0.336 e. The van der Waals surface area contributed by atoms with E-state index in [1.165, 1.54) is 4.31 Å².